The fourth-order valence-electron chi connectivity index (χ4n) is 7.77. The maximum absolute atomic E-state index is 17.1. The topological polar surface area (TPSA) is 138 Å². The van der Waals surface area contributed by atoms with E-state index >= 15 is 4.39 Å². The molecule has 8 atom stereocenters. The van der Waals surface area contributed by atoms with Gasteiger partial charge in [0.15, 0.2) is 18.1 Å². The maximum Gasteiger partial charge on any atom is 0.339 e. The van der Waals surface area contributed by atoms with E-state index in [1.165, 1.54) is 36.4 Å². The fourth-order valence-corrected chi connectivity index (χ4v) is 7.77. The zero-order valence-corrected chi connectivity index (χ0v) is 21.2. The van der Waals surface area contributed by atoms with Crippen molar-refractivity contribution in [3.05, 3.63) is 59.2 Å². The Labute approximate surface area is 219 Å². The minimum atomic E-state index is -2.07. The number of aromatic carboxylic acids is 1. The SMILES string of the molecule is C[C@@H]1C[C@@H]2[C@H](C[C@H](O)[C@@]3(F)[C@H]2CCC2=CC(=O)C=C[C@@]23C)[C@@]1(O)C(=O)COC(=O)c1ccccc1C(=O)O. The number of esters is 1. The number of aliphatic hydroxyl groups excluding tert-OH is 1. The summed E-state index contributed by atoms with van der Waals surface area (Å²) in [5, 5.41) is 32.3. The van der Waals surface area contributed by atoms with Crippen molar-refractivity contribution in [2.75, 3.05) is 6.61 Å². The van der Waals surface area contributed by atoms with E-state index in [0.29, 0.717) is 24.8 Å². The third-order valence-corrected chi connectivity index (χ3v) is 9.72. The molecule has 4 aliphatic rings. The summed E-state index contributed by atoms with van der Waals surface area (Å²) in [6.07, 6.45) is 3.87. The molecular formula is C29H31FO8. The number of carboxylic acid groups (broad SMARTS) is 1. The molecule has 0 heterocycles. The summed E-state index contributed by atoms with van der Waals surface area (Å²) in [4.78, 5) is 49.4. The van der Waals surface area contributed by atoms with Crippen LogP contribution >= 0.6 is 0 Å². The Morgan fingerprint density at radius 2 is 1.82 bits per heavy atom. The molecule has 1 aromatic carbocycles. The van der Waals surface area contributed by atoms with Gasteiger partial charge in [0, 0.05) is 17.3 Å². The molecule has 202 valence electrons. The van der Waals surface area contributed by atoms with Crippen molar-refractivity contribution in [3.63, 3.8) is 0 Å². The lowest BCUT2D eigenvalue weighted by atomic mass is 9.48. The van der Waals surface area contributed by atoms with E-state index in [1.807, 2.05) is 0 Å². The third kappa shape index (κ3) is 3.55. The highest BCUT2D eigenvalue weighted by molar-refractivity contribution is 6.03. The standard InChI is InChI=1S/C29H31FO8/c1-15-11-20-21-8-7-16-12-17(31)9-10-27(16,2)29(21,30)23(32)13-22(20)28(15,37)24(33)14-38-26(36)19-6-4-3-5-18(19)25(34)35/h3-6,9-10,12,15,20-23,32,37H,7-8,11,13-14H2,1-2H3,(H,34,35)/t15-,20+,21+,22+,23+,27+,28-,29+/m1/s1. The van der Waals surface area contributed by atoms with Crippen LogP contribution in [0.1, 0.15) is 60.2 Å². The molecule has 0 spiro atoms. The van der Waals surface area contributed by atoms with Gasteiger partial charge in [-0.3, -0.25) is 9.59 Å². The average molecular weight is 527 g/mol. The molecule has 0 saturated heterocycles. The number of ether oxygens (including phenoxy) is 1. The van der Waals surface area contributed by atoms with Crippen molar-refractivity contribution in [1.82, 2.24) is 0 Å². The molecule has 5 rings (SSSR count). The van der Waals surface area contributed by atoms with Crippen LogP contribution in [0.15, 0.2) is 48.1 Å². The summed E-state index contributed by atoms with van der Waals surface area (Å²) < 4.78 is 22.2. The van der Waals surface area contributed by atoms with Gasteiger partial charge in [-0.15, -0.1) is 0 Å². The van der Waals surface area contributed by atoms with Crippen LogP contribution in [-0.4, -0.2) is 62.8 Å². The normalized spacial score (nSPS) is 39.4. The number of ketones is 2. The Morgan fingerprint density at radius 1 is 1.13 bits per heavy atom. The molecule has 8 nitrogen and oxygen atoms in total. The smallest absolute Gasteiger partial charge is 0.339 e. The van der Waals surface area contributed by atoms with Crippen LogP contribution in [0.3, 0.4) is 0 Å². The van der Waals surface area contributed by atoms with Crippen molar-refractivity contribution < 1.29 is 43.6 Å². The summed E-state index contributed by atoms with van der Waals surface area (Å²) in [6, 6.07) is 5.45. The zero-order chi connectivity index (χ0) is 27.6. The highest BCUT2D eigenvalue weighted by atomic mass is 19.1. The molecule has 9 heteroatoms. The molecule has 3 fully saturated rings. The molecule has 0 radical (unpaired) electrons. The Balaban J connectivity index is 1.39. The van der Waals surface area contributed by atoms with Crippen LogP contribution in [0.2, 0.25) is 0 Å². The van der Waals surface area contributed by atoms with Crippen molar-refractivity contribution in [2.24, 2.45) is 29.1 Å². The van der Waals surface area contributed by atoms with E-state index in [2.05, 4.69) is 0 Å². The van der Waals surface area contributed by atoms with Gasteiger partial charge in [-0.25, -0.2) is 14.0 Å². The predicted octanol–water partition coefficient (Wildman–Crippen LogP) is 3.07. The maximum atomic E-state index is 17.1. The van der Waals surface area contributed by atoms with Crippen molar-refractivity contribution in [1.29, 1.82) is 0 Å². The molecule has 3 N–H and O–H groups in total. The lowest BCUT2D eigenvalue weighted by Crippen LogP contribution is -2.66. The molecule has 0 amide bonds. The first-order valence-corrected chi connectivity index (χ1v) is 12.9. The predicted molar refractivity (Wildman–Crippen MR) is 132 cm³/mol. The Morgan fingerprint density at radius 3 is 2.50 bits per heavy atom. The monoisotopic (exact) mass is 526 g/mol. The van der Waals surface area contributed by atoms with Crippen molar-refractivity contribution in [3.8, 4) is 0 Å². The molecular weight excluding hydrogens is 495 g/mol. The lowest BCUT2D eigenvalue weighted by molar-refractivity contribution is -0.191. The number of Topliss-reactive ketones (excluding diaryl/α,β-unsaturated/α-hetero) is 1. The van der Waals surface area contributed by atoms with Crippen molar-refractivity contribution >= 4 is 23.5 Å². The van der Waals surface area contributed by atoms with Crippen LogP contribution in [-0.2, 0) is 14.3 Å². The number of hydrogen-bond acceptors (Lipinski definition) is 7. The second-order valence-corrected chi connectivity index (χ2v) is 11.4. The van der Waals surface area contributed by atoms with E-state index < -0.39 is 70.8 Å². The van der Waals surface area contributed by atoms with E-state index in [9.17, 15) is 34.5 Å². The van der Waals surface area contributed by atoms with Crippen LogP contribution in [0.25, 0.3) is 0 Å². The highest BCUT2D eigenvalue weighted by Gasteiger charge is 2.71. The van der Waals surface area contributed by atoms with Gasteiger partial charge in [-0.05, 0) is 68.7 Å². The number of halogens is 1. The summed E-state index contributed by atoms with van der Waals surface area (Å²) in [5.41, 5.74) is -5.04. The van der Waals surface area contributed by atoms with Gasteiger partial charge in [0.25, 0.3) is 0 Å². The molecule has 0 aliphatic heterocycles. The highest BCUT2D eigenvalue weighted by Crippen LogP contribution is 2.66. The van der Waals surface area contributed by atoms with Gasteiger partial charge in [0.05, 0.1) is 17.2 Å². The number of benzene rings is 1. The minimum absolute atomic E-state index is 0.162. The Kier molecular flexibility index (Phi) is 6.23. The number of aliphatic hydroxyl groups is 2. The Hall–Kier alpha value is -3.17. The largest absolute Gasteiger partial charge is 0.478 e. The number of carboxylic acids is 1. The second kappa shape index (κ2) is 8.95. The summed E-state index contributed by atoms with van der Waals surface area (Å²) in [6.45, 7) is 2.61. The molecule has 38 heavy (non-hydrogen) atoms. The number of fused-ring (bicyclic) bond motifs is 5. The van der Waals surface area contributed by atoms with Crippen LogP contribution in [0, 0.1) is 29.1 Å². The van der Waals surface area contributed by atoms with Crippen LogP contribution < -0.4 is 0 Å². The van der Waals surface area contributed by atoms with Gasteiger partial charge in [-0.2, -0.15) is 0 Å². The number of hydrogen-bond donors (Lipinski definition) is 3. The van der Waals surface area contributed by atoms with Gasteiger partial charge in [0.2, 0.25) is 5.78 Å². The molecule has 0 aromatic heterocycles. The van der Waals surface area contributed by atoms with Crippen molar-refractivity contribution in [2.45, 2.75) is 56.9 Å². The van der Waals surface area contributed by atoms with Crippen LogP contribution in [0.5, 0.6) is 0 Å². The first kappa shape index (κ1) is 26.4. The van der Waals surface area contributed by atoms with E-state index in [1.54, 1.807) is 19.9 Å². The summed E-state index contributed by atoms with van der Waals surface area (Å²) >= 11 is 0. The quantitative estimate of drug-likeness (QED) is 0.498. The Bertz CT molecular complexity index is 1280. The van der Waals surface area contributed by atoms with E-state index in [-0.39, 0.29) is 23.3 Å². The molecule has 1 aromatic rings. The van der Waals surface area contributed by atoms with Crippen LogP contribution in [0.4, 0.5) is 4.39 Å². The molecule has 0 unspecified atom stereocenters. The van der Waals surface area contributed by atoms with Gasteiger partial charge in [-0.1, -0.05) is 30.7 Å². The zero-order valence-electron chi connectivity index (χ0n) is 21.2. The number of alkyl halides is 1. The van der Waals surface area contributed by atoms with E-state index in [0.717, 1.165) is 0 Å². The molecule has 4 aliphatic carbocycles. The van der Waals surface area contributed by atoms with Gasteiger partial charge in [0.1, 0.15) is 5.60 Å². The lowest BCUT2D eigenvalue weighted by Gasteiger charge is -2.59. The first-order valence-electron chi connectivity index (χ1n) is 12.9. The first-order chi connectivity index (χ1) is 17.9. The summed E-state index contributed by atoms with van der Waals surface area (Å²) in [5.74, 6) is -5.69. The molecule has 0 bridgehead atoms. The number of rotatable bonds is 5. The summed E-state index contributed by atoms with van der Waals surface area (Å²) in [7, 11) is 0. The fraction of sp³-hybridized carbons (Fsp3) is 0.517. The number of allylic oxidation sites excluding steroid dienone is 4. The van der Waals surface area contributed by atoms with E-state index in [4.69, 9.17) is 4.74 Å². The minimum Gasteiger partial charge on any atom is -0.478 e. The second-order valence-electron chi connectivity index (χ2n) is 11.4. The van der Waals surface area contributed by atoms with Gasteiger partial charge >= 0.3 is 11.9 Å². The molecule has 3 saturated carbocycles. The average Bonchev–Trinajstić information content (AvgIpc) is 3.14. The van der Waals surface area contributed by atoms with Gasteiger partial charge < -0.3 is 20.1 Å². The number of carbonyl (C=O) groups is 4. The third-order valence-electron chi connectivity index (χ3n) is 9.72. The number of carbonyl (C=O) groups excluding carboxylic acids is 3.